The van der Waals surface area contributed by atoms with Gasteiger partial charge in [0.05, 0.1) is 0 Å². The van der Waals surface area contributed by atoms with Crippen molar-refractivity contribution in [3.8, 4) is 0 Å². The normalized spacial score (nSPS) is 27.3. The highest BCUT2D eigenvalue weighted by molar-refractivity contribution is 5.73. The van der Waals surface area contributed by atoms with E-state index in [-0.39, 0.29) is 5.91 Å². The number of rotatable bonds is 3. The largest absolute Gasteiger partial charge is 0.341 e. The predicted octanol–water partition coefficient (Wildman–Crippen LogP) is 1.78. The van der Waals surface area contributed by atoms with Gasteiger partial charge in [-0.25, -0.2) is 0 Å². The summed E-state index contributed by atoms with van der Waals surface area (Å²) in [5.41, 5.74) is 0. The third kappa shape index (κ3) is 3.21. The van der Waals surface area contributed by atoms with Crippen LogP contribution in [0.1, 0.15) is 45.4 Å². The van der Waals surface area contributed by atoms with Crippen LogP contribution >= 0.6 is 0 Å². The average molecular weight is 224 g/mol. The Morgan fingerprint density at radius 2 is 2.00 bits per heavy atom. The molecule has 0 aromatic rings. The molecule has 1 atom stereocenters. The second-order valence-electron chi connectivity index (χ2n) is 5.36. The molecule has 92 valence electrons. The van der Waals surface area contributed by atoms with E-state index in [1.54, 1.807) is 6.92 Å². The summed E-state index contributed by atoms with van der Waals surface area (Å²) in [5.74, 6) is 1.13. The molecular weight excluding hydrogens is 200 g/mol. The van der Waals surface area contributed by atoms with Crippen LogP contribution in [0.15, 0.2) is 0 Å². The Kier molecular flexibility index (Phi) is 4.22. The number of amides is 1. The zero-order valence-corrected chi connectivity index (χ0v) is 10.4. The van der Waals surface area contributed by atoms with Crippen molar-refractivity contribution in [3.05, 3.63) is 0 Å². The van der Waals surface area contributed by atoms with Gasteiger partial charge < -0.3 is 10.2 Å². The van der Waals surface area contributed by atoms with Gasteiger partial charge in [0.25, 0.3) is 0 Å². The lowest BCUT2D eigenvalue weighted by atomic mass is 10.0. The van der Waals surface area contributed by atoms with Crippen LogP contribution in [0.2, 0.25) is 0 Å². The van der Waals surface area contributed by atoms with Crippen LogP contribution in [0.5, 0.6) is 0 Å². The van der Waals surface area contributed by atoms with E-state index in [2.05, 4.69) is 5.32 Å². The first kappa shape index (κ1) is 11.9. The van der Waals surface area contributed by atoms with Gasteiger partial charge in [-0.1, -0.05) is 12.8 Å². The maximum atomic E-state index is 11.3. The SMILES string of the molecule is CC(=O)N1CCCC(NCC2CCCC2)C1. The number of hydrogen-bond acceptors (Lipinski definition) is 2. The summed E-state index contributed by atoms with van der Waals surface area (Å²) in [4.78, 5) is 13.3. The second kappa shape index (κ2) is 5.67. The van der Waals surface area contributed by atoms with Crippen LogP contribution < -0.4 is 5.32 Å². The number of carbonyl (C=O) groups is 1. The topological polar surface area (TPSA) is 32.3 Å². The van der Waals surface area contributed by atoms with Gasteiger partial charge in [0.15, 0.2) is 0 Å². The van der Waals surface area contributed by atoms with Gasteiger partial charge >= 0.3 is 0 Å². The van der Waals surface area contributed by atoms with Gasteiger partial charge in [-0.15, -0.1) is 0 Å². The lowest BCUT2D eigenvalue weighted by Gasteiger charge is -2.33. The molecule has 0 radical (unpaired) electrons. The monoisotopic (exact) mass is 224 g/mol. The number of carbonyl (C=O) groups excluding carboxylic acids is 1. The van der Waals surface area contributed by atoms with E-state index in [0.29, 0.717) is 6.04 Å². The second-order valence-corrected chi connectivity index (χ2v) is 5.36. The molecule has 0 spiro atoms. The van der Waals surface area contributed by atoms with Gasteiger partial charge in [-0.3, -0.25) is 4.79 Å². The Labute approximate surface area is 98.6 Å². The highest BCUT2D eigenvalue weighted by Gasteiger charge is 2.22. The van der Waals surface area contributed by atoms with Crippen LogP contribution in [-0.2, 0) is 4.79 Å². The minimum absolute atomic E-state index is 0.229. The van der Waals surface area contributed by atoms with Crippen LogP contribution in [0.25, 0.3) is 0 Å². The fourth-order valence-corrected chi connectivity index (χ4v) is 2.98. The Morgan fingerprint density at radius 3 is 2.69 bits per heavy atom. The molecule has 2 fully saturated rings. The van der Waals surface area contributed by atoms with Crippen LogP contribution in [0.3, 0.4) is 0 Å². The smallest absolute Gasteiger partial charge is 0.219 e. The van der Waals surface area contributed by atoms with Crippen molar-refractivity contribution in [2.75, 3.05) is 19.6 Å². The van der Waals surface area contributed by atoms with Crippen molar-refractivity contribution < 1.29 is 4.79 Å². The fourth-order valence-electron chi connectivity index (χ4n) is 2.98. The van der Waals surface area contributed by atoms with Crippen molar-refractivity contribution in [2.45, 2.75) is 51.5 Å². The Bertz CT molecular complexity index is 236. The molecule has 0 aromatic carbocycles. The van der Waals surface area contributed by atoms with E-state index in [4.69, 9.17) is 0 Å². The fraction of sp³-hybridized carbons (Fsp3) is 0.923. The van der Waals surface area contributed by atoms with E-state index in [1.807, 2.05) is 4.90 Å². The molecule has 3 nitrogen and oxygen atoms in total. The number of piperidine rings is 1. The van der Waals surface area contributed by atoms with Crippen LogP contribution in [0.4, 0.5) is 0 Å². The molecule has 1 unspecified atom stereocenters. The summed E-state index contributed by atoms with van der Waals surface area (Å²) >= 11 is 0. The van der Waals surface area contributed by atoms with Gasteiger partial charge in [-0.05, 0) is 38.1 Å². The summed E-state index contributed by atoms with van der Waals surface area (Å²) in [6, 6.07) is 0.540. The van der Waals surface area contributed by atoms with Crippen LogP contribution in [-0.4, -0.2) is 36.5 Å². The molecule has 1 heterocycles. The molecule has 1 aliphatic carbocycles. The minimum Gasteiger partial charge on any atom is -0.341 e. The predicted molar refractivity (Wildman–Crippen MR) is 65.2 cm³/mol. The Morgan fingerprint density at radius 1 is 1.25 bits per heavy atom. The minimum atomic E-state index is 0.229. The Balaban J connectivity index is 1.70. The van der Waals surface area contributed by atoms with Crippen molar-refractivity contribution in [3.63, 3.8) is 0 Å². The van der Waals surface area contributed by atoms with Gasteiger partial charge in [-0.2, -0.15) is 0 Å². The summed E-state index contributed by atoms with van der Waals surface area (Å²) < 4.78 is 0. The van der Waals surface area contributed by atoms with Gasteiger partial charge in [0, 0.05) is 26.1 Å². The first-order chi connectivity index (χ1) is 7.75. The molecule has 1 saturated carbocycles. The summed E-state index contributed by atoms with van der Waals surface area (Å²) in [6.07, 6.45) is 8.01. The van der Waals surface area contributed by atoms with Crippen molar-refractivity contribution in [1.29, 1.82) is 0 Å². The van der Waals surface area contributed by atoms with Crippen molar-refractivity contribution in [2.24, 2.45) is 5.92 Å². The number of nitrogens with zero attached hydrogens (tertiary/aromatic N) is 1. The number of nitrogens with one attached hydrogen (secondary N) is 1. The molecule has 1 saturated heterocycles. The molecule has 16 heavy (non-hydrogen) atoms. The Hall–Kier alpha value is -0.570. The van der Waals surface area contributed by atoms with E-state index in [0.717, 1.165) is 32.0 Å². The molecule has 0 aromatic heterocycles. The van der Waals surface area contributed by atoms with Crippen LogP contribution in [0, 0.1) is 5.92 Å². The first-order valence-electron chi connectivity index (χ1n) is 6.74. The molecule has 0 bridgehead atoms. The lowest BCUT2D eigenvalue weighted by molar-refractivity contribution is -0.130. The van der Waals surface area contributed by atoms with Gasteiger partial charge in [0.1, 0.15) is 0 Å². The molecule has 3 heteroatoms. The maximum Gasteiger partial charge on any atom is 0.219 e. The number of likely N-dealkylation sites (tertiary alicyclic amines) is 1. The van der Waals surface area contributed by atoms with E-state index < -0.39 is 0 Å². The third-order valence-electron chi connectivity index (χ3n) is 4.04. The van der Waals surface area contributed by atoms with Crippen molar-refractivity contribution in [1.82, 2.24) is 10.2 Å². The zero-order chi connectivity index (χ0) is 11.4. The van der Waals surface area contributed by atoms with Crippen molar-refractivity contribution >= 4 is 5.91 Å². The summed E-state index contributed by atoms with van der Waals surface area (Å²) in [5, 5.41) is 3.65. The quantitative estimate of drug-likeness (QED) is 0.792. The summed E-state index contributed by atoms with van der Waals surface area (Å²) in [6.45, 7) is 4.72. The molecule has 2 rings (SSSR count). The molecule has 1 N–H and O–H groups in total. The highest BCUT2D eigenvalue weighted by atomic mass is 16.2. The van der Waals surface area contributed by atoms with E-state index >= 15 is 0 Å². The molecule has 2 aliphatic rings. The summed E-state index contributed by atoms with van der Waals surface area (Å²) in [7, 11) is 0. The maximum absolute atomic E-state index is 11.3. The highest BCUT2D eigenvalue weighted by Crippen LogP contribution is 2.24. The van der Waals surface area contributed by atoms with E-state index in [1.165, 1.54) is 32.1 Å². The zero-order valence-electron chi connectivity index (χ0n) is 10.4. The lowest BCUT2D eigenvalue weighted by Crippen LogP contribution is -2.48. The molecule has 1 aliphatic heterocycles. The standard InChI is InChI=1S/C13H24N2O/c1-11(16)15-8-4-7-13(10-15)14-9-12-5-2-3-6-12/h12-14H,2-10H2,1H3. The molecular formula is C13H24N2O. The third-order valence-corrected chi connectivity index (χ3v) is 4.04. The van der Waals surface area contributed by atoms with E-state index in [9.17, 15) is 4.79 Å². The van der Waals surface area contributed by atoms with Gasteiger partial charge in [0.2, 0.25) is 5.91 Å². The average Bonchev–Trinajstić information content (AvgIpc) is 2.79. The number of hydrogen-bond donors (Lipinski definition) is 1. The first-order valence-corrected chi connectivity index (χ1v) is 6.74. The molecule has 1 amide bonds.